The van der Waals surface area contributed by atoms with E-state index in [-0.39, 0.29) is 24.7 Å². The highest BCUT2D eigenvalue weighted by molar-refractivity contribution is 6.04. The standard InChI is InChI=1S/C34H41N3O4/c1-33(2)16-28-17-34(3,21-33)22-37(28)19-29-15-30(24-8-6-23(20-38)7-9-24)41-32(40-29)25-10-12-27(13-11-25)36-31(39)26-5-4-14-35-18-26/h4-14,18,28-30,32,38H,15-17,19-22H2,1-3H3,(H,36,39)/t28?,29-,30+,32+,34?/m0/s1. The van der Waals surface area contributed by atoms with Crippen molar-refractivity contribution < 1.29 is 19.4 Å². The van der Waals surface area contributed by atoms with Crippen LogP contribution in [0.1, 0.15) is 85.9 Å². The van der Waals surface area contributed by atoms with E-state index in [1.165, 1.54) is 19.3 Å². The molecule has 0 spiro atoms. The number of aliphatic hydroxyl groups excluding tert-OH is 1. The Kier molecular flexibility index (Phi) is 7.72. The number of pyridine rings is 1. The molecule has 3 aromatic rings. The van der Waals surface area contributed by atoms with Crippen LogP contribution in [0.4, 0.5) is 5.69 Å². The third-order valence-electron chi connectivity index (χ3n) is 8.94. The molecule has 1 aliphatic carbocycles. The summed E-state index contributed by atoms with van der Waals surface area (Å²) >= 11 is 0. The Bertz CT molecular complexity index is 1340. The van der Waals surface area contributed by atoms with Crippen molar-refractivity contribution in [1.82, 2.24) is 9.88 Å². The number of anilines is 1. The maximum Gasteiger partial charge on any atom is 0.257 e. The normalized spacial score (nSPS) is 29.3. The van der Waals surface area contributed by atoms with E-state index in [2.05, 4.69) is 48.1 Å². The van der Waals surface area contributed by atoms with Gasteiger partial charge in [0, 0.05) is 49.2 Å². The van der Waals surface area contributed by atoms with Gasteiger partial charge < -0.3 is 19.9 Å². The third-order valence-corrected chi connectivity index (χ3v) is 8.94. The molecule has 2 bridgehead atoms. The Balaban J connectivity index is 1.19. The summed E-state index contributed by atoms with van der Waals surface area (Å²) in [6.45, 7) is 9.31. The van der Waals surface area contributed by atoms with Crippen LogP contribution in [0.2, 0.25) is 0 Å². The van der Waals surface area contributed by atoms with E-state index in [1.807, 2.05) is 36.4 Å². The highest BCUT2D eigenvalue weighted by atomic mass is 16.7. The van der Waals surface area contributed by atoms with E-state index in [1.54, 1.807) is 24.5 Å². The predicted molar refractivity (Wildman–Crippen MR) is 158 cm³/mol. The quantitative estimate of drug-likeness (QED) is 0.357. The van der Waals surface area contributed by atoms with Crippen LogP contribution in [-0.4, -0.2) is 46.1 Å². The summed E-state index contributed by atoms with van der Waals surface area (Å²) in [5.41, 5.74) is 4.85. The molecular formula is C34H41N3O4. The SMILES string of the molecule is CC1(C)CC2CC(C)(CN2C[C@@H]2C[C@H](c3ccc(CO)cc3)O[C@H](c3ccc(NC(=O)c4cccnc4)cc3)O2)C1. The number of ether oxygens (including phenoxy) is 2. The maximum absolute atomic E-state index is 12.6. The predicted octanol–water partition coefficient (Wildman–Crippen LogP) is 6.27. The highest BCUT2D eigenvalue weighted by Crippen LogP contribution is 2.53. The summed E-state index contributed by atoms with van der Waals surface area (Å²) in [4.78, 5) is 19.3. The number of nitrogens with zero attached hydrogens (tertiary/aromatic N) is 2. The van der Waals surface area contributed by atoms with E-state index < -0.39 is 6.29 Å². The molecule has 7 nitrogen and oxygen atoms in total. The lowest BCUT2D eigenvalue weighted by atomic mass is 9.65. The summed E-state index contributed by atoms with van der Waals surface area (Å²) in [5, 5.41) is 12.5. The van der Waals surface area contributed by atoms with E-state index in [4.69, 9.17) is 9.47 Å². The topological polar surface area (TPSA) is 83.9 Å². The maximum atomic E-state index is 12.6. The van der Waals surface area contributed by atoms with Crippen LogP contribution in [0.15, 0.2) is 73.1 Å². The van der Waals surface area contributed by atoms with E-state index >= 15 is 0 Å². The fourth-order valence-electron chi connectivity index (χ4n) is 7.51. The van der Waals surface area contributed by atoms with Crippen molar-refractivity contribution >= 4 is 11.6 Å². The summed E-state index contributed by atoms with van der Waals surface area (Å²) in [5.74, 6) is -0.199. The summed E-state index contributed by atoms with van der Waals surface area (Å²) in [6.07, 6.45) is 7.12. The van der Waals surface area contributed by atoms with Gasteiger partial charge in [0.05, 0.1) is 24.4 Å². The Labute approximate surface area is 242 Å². The molecule has 2 N–H and O–H groups in total. The van der Waals surface area contributed by atoms with E-state index in [0.717, 1.165) is 36.2 Å². The van der Waals surface area contributed by atoms with Gasteiger partial charge in [-0.1, -0.05) is 57.2 Å². The number of nitrogens with one attached hydrogen (secondary N) is 1. The number of carbonyl (C=O) groups excluding carboxylic acids is 1. The van der Waals surface area contributed by atoms with Crippen molar-refractivity contribution in [2.24, 2.45) is 10.8 Å². The largest absolute Gasteiger partial charge is 0.392 e. The van der Waals surface area contributed by atoms with Gasteiger partial charge in [-0.25, -0.2) is 0 Å². The average molecular weight is 556 g/mol. The lowest BCUT2D eigenvalue weighted by molar-refractivity contribution is -0.253. The lowest BCUT2D eigenvalue weighted by Gasteiger charge is -2.41. The van der Waals surface area contributed by atoms with Gasteiger partial charge in [0.2, 0.25) is 0 Å². The van der Waals surface area contributed by atoms with Crippen LogP contribution in [0.25, 0.3) is 0 Å². The van der Waals surface area contributed by atoms with Gasteiger partial charge in [-0.2, -0.15) is 0 Å². The van der Waals surface area contributed by atoms with Crippen molar-refractivity contribution in [2.45, 2.75) is 77.6 Å². The lowest BCUT2D eigenvalue weighted by Crippen LogP contribution is -2.42. The molecule has 2 aromatic carbocycles. The van der Waals surface area contributed by atoms with E-state index in [0.29, 0.717) is 28.1 Å². The number of rotatable bonds is 7. The van der Waals surface area contributed by atoms with Gasteiger partial charge in [-0.05, 0) is 65.5 Å². The molecule has 5 atom stereocenters. The van der Waals surface area contributed by atoms with Gasteiger partial charge in [0.25, 0.3) is 5.91 Å². The minimum Gasteiger partial charge on any atom is -0.392 e. The summed E-state index contributed by atoms with van der Waals surface area (Å²) in [7, 11) is 0. The number of aliphatic hydroxyl groups is 1. The third kappa shape index (κ3) is 6.38. The molecule has 3 fully saturated rings. The molecule has 0 radical (unpaired) electrons. The van der Waals surface area contributed by atoms with Crippen LogP contribution in [-0.2, 0) is 16.1 Å². The smallest absolute Gasteiger partial charge is 0.257 e. The zero-order valence-corrected chi connectivity index (χ0v) is 24.3. The first-order valence-corrected chi connectivity index (χ1v) is 14.7. The Morgan fingerprint density at radius 3 is 2.49 bits per heavy atom. The van der Waals surface area contributed by atoms with Gasteiger partial charge in [0.15, 0.2) is 6.29 Å². The van der Waals surface area contributed by atoms with Crippen LogP contribution >= 0.6 is 0 Å². The number of amides is 1. The van der Waals surface area contributed by atoms with Gasteiger partial charge >= 0.3 is 0 Å². The number of benzene rings is 2. The highest BCUT2D eigenvalue weighted by Gasteiger charge is 2.50. The van der Waals surface area contributed by atoms with Gasteiger partial charge in [-0.15, -0.1) is 0 Å². The molecule has 1 aromatic heterocycles. The first kappa shape index (κ1) is 28.0. The second-order valence-electron chi connectivity index (χ2n) is 13.3. The van der Waals surface area contributed by atoms with Crippen molar-refractivity contribution in [2.75, 3.05) is 18.4 Å². The molecule has 2 unspecified atom stereocenters. The number of likely N-dealkylation sites (tertiary alicyclic amines) is 1. The minimum absolute atomic E-state index is 0.0206. The number of aromatic nitrogens is 1. The summed E-state index contributed by atoms with van der Waals surface area (Å²) < 4.78 is 13.2. The Morgan fingerprint density at radius 2 is 1.78 bits per heavy atom. The van der Waals surface area contributed by atoms with Crippen molar-refractivity contribution in [3.05, 3.63) is 95.3 Å². The fraction of sp³-hybridized carbons (Fsp3) is 0.471. The van der Waals surface area contributed by atoms with Crippen molar-refractivity contribution in [3.8, 4) is 0 Å². The first-order chi connectivity index (χ1) is 19.7. The molecule has 1 saturated carbocycles. The number of fused-ring (bicyclic) bond motifs is 2. The van der Waals surface area contributed by atoms with Gasteiger partial charge in [-0.3, -0.25) is 14.7 Å². The molecule has 1 amide bonds. The second kappa shape index (κ2) is 11.3. The fourth-order valence-corrected chi connectivity index (χ4v) is 7.51. The molecule has 2 aliphatic heterocycles. The van der Waals surface area contributed by atoms with Crippen molar-refractivity contribution in [1.29, 1.82) is 0 Å². The average Bonchev–Trinajstić information content (AvgIpc) is 3.20. The molecular weight excluding hydrogens is 514 g/mol. The zero-order valence-electron chi connectivity index (χ0n) is 24.3. The molecule has 3 aliphatic rings. The van der Waals surface area contributed by atoms with Crippen molar-refractivity contribution in [3.63, 3.8) is 0 Å². The van der Waals surface area contributed by atoms with Crippen LogP contribution < -0.4 is 5.32 Å². The molecule has 2 saturated heterocycles. The molecule has 3 heterocycles. The van der Waals surface area contributed by atoms with E-state index in [9.17, 15) is 9.90 Å². The Hall–Kier alpha value is -3.10. The Morgan fingerprint density at radius 1 is 1.02 bits per heavy atom. The number of carbonyl (C=O) groups is 1. The minimum atomic E-state index is -0.520. The summed E-state index contributed by atoms with van der Waals surface area (Å²) in [6, 6.07) is 19.8. The number of hydrogen-bond donors (Lipinski definition) is 2. The molecule has 7 heteroatoms. The zero-order chi connectivity index (χ0) is 28.6. The number of hydrogen-bond acceptors (Lipinski definition) is 6. The molecule has 6 rings (SSSR count). The molecule has 41 heavy (non-hydrogen) atoms. The molecule has 216 valence electrons. The van der Waals surface area contributed by atoms with Crippen LogP contribution in [0.3, 0.4) is 0 Å². The van der Waals surface area contributed by atoms with Crippen LogP contribution in [0, 0.1) is 10.8 Å². The second-order valence-corrected chi connectivity index (χ2v) is 13.3. The van der Waals surface area contributed by atoms with Crippen LogP contribution in [0.5, 0.6) is 0 Å². The first-order valence-electron chi connectivity index (χ1n) is 14.7. The monoisotopic (exact) mass is 555 g/mol. The van der Waals surface area contributed by atoms with Gasteiger partial charge in [0.1, 0.15) is 0 Å².